The Labute approximate surface area is 107 Å². The topological polar surface area (TPSA) is 59.6 Å². The Hall–Kier alpha value is -2.17. The lowest BCUT2D eigenvalue weighted by molar-refractivity contribution is 0.239. The molecule has 0 aromatic heterocycles. The van der Waals surface area contributed by atoms with Gasteiger partial charge in [0.2, 0.25) is 0 Å². The summed E-state index contributed by atoms with van der Waals surface area (Å²) in [7, 11) is 1.61. The van der Waals surface area contributed by atoms with Crippen LogP contribution in [0.1, 0.15) is 6.92 Å². The maximum Gasteiger partial charge on any atom is 0.319 e. The van der Waals surface area contributed by atoms with Gasteiger partial charge in [0.05, 0.1) is 13.7 Å². The number of carbonyl (C=O) groups excluding carboxylic acids is 1. The number of hydrogen-bond donors (Lipinski definition) is 2. The number of amides is 2. The van der Waals surface area contributed by atoms with Gasteiger partial charge in [-0.25, -0.2) is 4.79 Å². The van der Waals surface area contributed by atoms with E-state index in [9.17, 15) is 4.79 Å². The van der Waals surface area contributed by atoms with Crippen LogP contribution in [0.25, 0.3) is 0 Å². The average Bonchev–Trinajstić information content (AvgIpc) is 2.34. The number of carbonyl (C=O) groups is 1. The summed E-state index contributed by atoms with van der Waals surface area (Å²) in [5.74, 6) is 1.51. The van der Waals surface area contributed by atoms with Crippen molar-refractivity contribution in [1.29, 1.82) is 0 Å². The highest BCUT2D eigenvalue weighted by atomic mass is 16.5. The van der Waals surface area contributed by atoms with E-state index in [1.807, 2.05) is 24.3 Å². The second-order valence-electron chi connectivity index (χ2n) is 3.69. The Bertz CT molecular complexity index is 401. The third-order valence-electron chi connectivity index (χ3n) is 2.04. The van der Waals surface area contributed by atoms with Crippen LogP contribution in [0.2, 0.25) is 0 Å². The van der Waals surface area contributed by atoms with Gasteiger partial charge in [-0.2, -0.15) is 0 Å². The van der Waals surface area contributed by atoms with Gasteiger partial charge >= 0.3 is 6.03 Å². The second kappa shape index (κ2) is 7.21. The molecule has 0 radical (unpaired) electrons. The van der Waals surface area contributed by atoms with Gasteiger partial charge in [-0.05, 0) is 31.2 Å². The van der Waals surface area contributed by atoms with Crippen LogP contribution in [0.15, 0.2) is 36.5 Å². The van der Waals surface area contributed by atoms with E-state index in [4.69, 9.17) is 9.47 Å². The number of methoxy groups -OCH3 is 1. The molecule has 1 aromatic carbocycles. The van der Waals surface area contributed by atoms with Crippen molar-refractivity contribution >= 4 is 6.03 Å². The molecular weight excluding hydrogens is 232 g/mol. The predicted octanol–water partition coefficient (Wildman–Crippen LogP) is 1.91. The maximum absolute atomic E-state index is 11.2. The summed E-state index contributed by atoms with van der Waals surface area (Å²) in [6.07, 6.45) is 0. The van der Waals surface area contributed by atoms with Crippen molar-refractivity contribution in [1.82, 2.24) is 10.6 Å². The van der Waals surface area contributed by atoms with Crippen molar-refractivity contribution in [3.8, 4) is 11.5 Å². The lowest BCUT2D eigenvalue weighted by Crippen LogP contribution is -2.36. The van der Waals surface area contributed by atoms with E-state index in [2.05, 4.69) is 17.2 Å². The molecule has 2 amide bonds. The van der Waals surface area contributed by atoms with E-state index >= 15 is 0 Å². The van der Waals surface area contributed by atoms with Gasteiger partial charge < -0.3 is 20.1 Å². The summed E-state index contributed by atoms with van der Waals surface area (Å²) in [6, 6.07) is 6.98. The van der Waals surface area contributed by atoms with E-state index in [0.29, 0.717) is 18.8 Å². The summed E-state index contributed by atoms with van der Waals surface area (Å²) in [4.78, 5) is 11.2. The monoisotopic (exact) mass is 250 g/mol. The lowest BCUT2D eigenvalue weighted by atomic mass is 10.3. The van der Waals surface area contributed by atoms with Crippen LogP contribution in [0, 0.1) is 0 Å². The maximum atomic E-state index is 11.2. The Morgan fingerprint density at radius 1 is 1.28 bits per heavy atom. The smallest absolute Gasteiger partial charge is 0.319 e. The first-order valence-electron chi connectivity index (χ1n) is 5.59. The molecule has 0 fully saturated rings. The van der Waals surface area contributed by atoms with Crippen molar-refractivity contribution in [2.75, 3.05) is 20.3 Å². The molecule has 0 saturated carbocycles. The molecule has 0 saturated heterocycles. The van der Waals surface area contributed by atoms with E-state index < -0.39 is 0 Å². The zero-order valence-corrected chi connectivity index (χ0v) is 10.7. The molecule has 0 aliphatic carbocycles. The fourth-order valence-electron chi connectivity index (χ4n) is 1.24. The molecule has 2 N–H and O–H groups in total. The Morgan fingerprint density at radius 3 is 2.44 bits per heavy atom. The van der Waals surface area contributed by atoms with Crippen LogP contribution in [0.3, 0.4) is 0 Å². The van der Waals surface area contributed by atoms with Crippen molar-refractivity contribution < 1.29 is 14.3 Å². The van der Waals surface area contributed by atoms with E-state index in [-0.39, 0.29) is 6.03 Å². The van der Waals surface area contributed by atoms with Gasteiger partial charge in [0.1, 0.15) is 18.1 Å². The second-order valence-corrected chi connectivity index (χ2v) is 3.69. The van der Waals surface area contributed by atoms with Crippen LogP contribution < -0.4 is 20.1 Å². The van der Waals surface area contributed by atoms with Crippen LogP contribution in [0.4, 0.5) is 4.79 Å². The van der Waals surface area contributed by atoms with Gasteiger partial charge in [0, 0.05) is 5.70 Å². The molecule has 1 aromatic rings. The molecule has 0 unspecified atom stereocenters. The van der Waals surface area contributed by atoms with Gasteiger partial charge in [-0.15, -0.1) is 0 Å². The number of allylic oxidation sites excluding steroid dienone is 1. The minimum absolute atomic E-state index is 0.277. The van der Waals surface area contributed by atoms with Crippen LogP contribution >= 0.6 is 0 Å². The van der Waals surface area contributed by atoms with Gasteiger partial charge in [0.15, 0.2) is 0 Å². The molecule has 0 aliphatic heterocycles. The molecule has 0 atom stereocenters. The van der Waals surface area contributed by atoms with Crippen molar-refractivity contribution in [3.63, 3.8) is 0 Å². The number of benzene rings is 1. The highest BCUT2D eigenvalue weighted by Crippen LogP contribution is 2.16. The minimum atomic E-state index is -0.277. The van der Waals surface area contributed by atoms with Gasteiger partial charge in [-0.3, -0.25) is 0 Å². The van der Waals surface area contributed by atoms with Gasteiger partial charge in [-0.1, -0.05) is 6.58 Å². The first kappa shape index (κ1) is 13.9. The minimum Gasteiger partial charge on any atom is -0.497 e. The van der Waals surface area contributed by atoms with Gasteiger partial charge in [0.25, 0.3) is 0 Å². The van der Waals surface area contributed by atoms with Crippen LogP contribution in [-0.4, -0.2) is 26.3 Å². The third-order valence-corrected chi connectivity index (χ3v) is 2.04. The molecule has 0 aliphatic rings. The first-order chi connectivity index (χ1) is 8.61. The zero-order valence-electron chi connectivity index (χ0n) is 10.7. The lowest BCUT2D eigenvalue weighted by Gasteiger charge is -2.09. The van der Waals surface area contributed by atoms with Crippen molar-refractivity contribution in [2.24, 2.45) is 0 Å². The predicted molar refractivity (Wildman–Crippen MR) is 69.8 cm³/mol. The zero-order chi connectivity index (χ0) is 13.4. The third kappa shape index (κ3) is 5.25. The summed E-state index contributed by atoms with van der Waals surface area (Å²) >= 11 is 0. The molecule has 18 heavy (non-hydrogen) atoms. The summed E-state index contributed by atoms with van der Waals surface area (Å²) < 4.78 is 10.5. The summed E-state index contributed by atoms with van der Waals surface area (Å²) in [5.41, 5.74) is 0.601. The first-order valence-corrected chi connectivity index (χ1v) is 5.59. The Kier molecular flexibility index (Phi) is 5.57. The number of urea groups is 1. The molecule has 0 spiro atoms. The Balaban J connectivity index is 2.21. The average molecular weight is 250 g/mol. The van der Waals surface area contributed by atoms with Crippen molar-refractivity contribution in [3.05, 3.63) is 36.5 Å². The number of nitrogens with one attached hydrogen (secondary N) is 2. The molecular formula is C13H18N2O3. The largest absolute Gasteiger partial charge is 0.497 e. The number of hydrogen-bond acceptors (Lipinski definition) is 3. The fraction of sp³-hybridized carbons (Fsp3) is 0.308. The fourth-order valence-corrected chi connectivity index (χ4v) is 1.24. The summed E-state index contributed by atoms with van der Waals surface area (Å²) in [6.45, 7) is 6.11. The van der Waals surface area contributed by atoms with Crippen LogP contribution in [0.5, 0.6) is 11.5 Å². The van der Waals surface area contributed by atoms with E-state index in [0.717, 1.165) is 11.5 Å². The van der Waals surface area contributed by atoms with Crippen LogP contribution in [-0.2, 0) is 0 Å². The molecule has 0 heterocycles. The molecule has 5 nitrogen and oxygen atoms in total. The normalized spacial score (nSPS) is 9.44. The number of ether oxygens (including phenoxy) is 2. The summed E-state index contributed by atoms with van der Waals surface area (Å²) in [5, 5.41) is 5.19. The SMILES string of the molecule is C=C(C)NC(=O)NCCOc1ccc(OC)cc1. The van der Waals surface area contributed by atoms with E-state index in [1.54, 1.807) is 14.0 Å². The Morgan fingerprint density at radius 2 is 1.89 bits per heavy atom. The standard InChI is InChI=1S/C13H18N2O3/c1-10(2)15-13(16)14-8-9-18-12-6-4-11(17-3)5-7-12/h4-7H,1,8-9H2,2-3H3,(H2,14,15,16). The van der Waals surface area contributed by atoms with E-state index in [1.165, 1.54) is 0 Å². The quantitative estimate of drug-likeness (QED) is 0.758. The molecule has 0 bridgehead atoms. The van der Waals surface area contributed by atoms with Crippen molar-refractivity contribution in [2.45, 2.75) is 6.92 Å². The number of rotatable bonds is 6. The highest BCUT2D eigenvalue weighted by Gasteiger charge is 1.99. The molecule has 5 heteroatoms. The molecule has 1 rings (SSSR count). The molecule has 98 valence electrons. The highest BCUT2D eigenvalue weighted by molar-refractivity contribution is 5.75.